The van der Waals surface area contributed by atoms with E-state index in [1.807, 2.05) is 13.0 Å². The number of benzene rings is 2. The fraction of sp³-hybridized carbons (Fsp3) is 0.259. The van der Waals surface area contributed by atoms with Crippen LogP contribution in [-0.4, -0.2) is 52.6 Å². The molecule has 0 amide bonds. The normalized spacial score (nSPS) is 11.2. The molecule has 7 heteroatoms. The van der Waals surface area contributed by atoms with Crippen LogP contribution in [0.2, 0.25) is 0 Å². The number of imidazole rings is 1. The number of hydrogen-bond acceptors (Lipinski definition) is 5. The lowest BCUT2D eigenvalue weighted by Crippen LogP contribution is -2.20. The third-order valence-corrected chi connectivity index (χ3v) is 5.65. The van der Waals surface area contributed by atoms with E-state index in [1.54, 1.807) is 14.2 Å². The summed E-state index contributed by atoms with van der Waals surface area (Å²) in [6, 6.07) is 21.3. The van der Waals surface area contributed by atoms with Gasteiger partial charge in [0, 0.05) is 49.5 Å². The molecule has 0 fully saturated rings. The quantitative estimate of drug-likeness (QED) is 0.337. The molecule has 3 heterocycles. The number of likely N-dealkylation sites (N-methyl/N-ethyl adjacent to an activating group) is 1. The molecule has 4 N–H and O–H groups in total. The maximum Gasteiger partial charge on any atom is 0.180 e. The molecule has 0 radical (unpaired) electrons. The second kappa shape index (κ2) is 10.5. The monoisotopic (exact) mass is 456 g/mol. The van der Waals surface area contributed by atoms with E-state index in [2.05, 4.69) is 91.2 Å². The maximum absolute atomic E-state index is 6.03. The van der Waals surface area contributed by atoms with Crippen molar-refractivity contribution in [3.05, 3.63) is 77.6 Å². The number of fused-ring (bicyclic) bond motifs is 2. The zero-order valence-corrected chi connectivity index (χ0v) is 20.2. The van der Waals surface area contributed by atoms with Crippen LogP contribution in [0.4, 0.5) is 5.82 Å². The number of ether oxygens (including phenoxy) is 1. The molecule has 0 unspecified atom stereocenters. The van der Waals surface area contributed by atoms with Gasteiger partial charge in [0.1, 0.15) is 11.6 Å². The first-order valence-corrected chi connectivity index (χ1v) is 11.3. The first-order chi connectivity index (χ1) is 16.5. The first-order valence-electron chi connectivity index (χ1n) is 11.3. The number of nitrogen functional groups attached to an aromatic ring is 1. The van der Waals surface area contributed by atoms with E-state index in [1.165, 1.54) is 16.5 Å². The predicted octanol–water partition coefficient (Wildman–Crippen LogP) is 4.93. The Morgan fingerprint density at radius 1 is 0.941 bits per heavy atom. The number of rotatable bonds is 6. The average Bonchev–Trinajstić information content (AvgIpc) is 3.40. The van der Waals surface area contributed by atoms with Crippen LogP contribution in [0.3, 0.4) is 0 Å². The highest BCUT2D eigenvalue weighted by Crippen LogP contribution is 2.30. The molecule has 34 heavy (non-hydrogen) atoms. The molecule has 5 rings (SSSR count). The van der Waals surface area contributed by atoms with Crippen molar-refractivity contribution >= 4 is 27.9 Å². The van der Waals surface area contributed by atoms with Crippen LogP contribution in [0.1, 0.15) is 17.0 Å². The number of aryl methyl sites for hydroxylation is 1. The number of pyridine rings is 1. The molecule has 2 aromatic carbocycles. The summed E-state index contributed by atoms with van der Waals surface area (Å²) in [5, 5.41) is 1.18. The minimum atomic E-state index is 0.466. The summed E-state index contributed by atoms with van der Waals surface area (Å²) in [6.07, 6.45) is 1.05. The number of hydrogen-bond donors (Lipinski definition) is 3. The van der Waals surface area contributed by atoms with Crippen molar-refractivity contribution in [1.29, 1.82) is 0 Å². The molecule has 0 spiro atoms. The molecule has 7 nitrogen and oxygen atoms in total. The highest BCUT2D eigenvalue weighted by molar-refractivity contribution is 5.95. The Bertz CT molecular complexity index is 1370. The topological polar surface area (TPSA) is 95.8 Å². The van der Waals surface area contributed by atoms with Crippen LogP contribution in [0.15, 0.2) is 60.7 Å². The van der Waals surface area contributed by atoms with Crippen molar-refractivity contribution in [1.82, 2.24) is 24.8 Å². The van der Waals surface area contributed by atoms with Gasteiger partial charge in [0.2, 0.25) is 0 Å². The molecule has 3 aromatic heterocycles. The van der Waals surface area contributed by atoms with Gasteiger partial charge in [-0.05, 0) is 55.8 Å². The van der Waals surface area contributed by atoms with Crippen LogP contribution in [-0.2, 0) is 17.7 Å². The molecular formula is C27H32N6O. The number of nitrogens with two attached hydrogens (primary N) is 1. The van der Waals surface area contributed by atoms with Gasteiger partial charge in [0.25, 0.3) is 0 Å². The summed E-state index contributed by atoms with van der Waals surface area (Å²) in [4.78, 5) is 18.0. The zero-order chi connectivity index (χ0) is 24.1. The van der Waals surface area contributed by atoms with E-state index in [0.29, 0.717) is 11.5 Å². The van der Waals surface area contributed by atoms with Crippen LogP contribution >= 0.6 is 0 Å². The number of anilines is 1. The molecule has 0 bridgehead atoms. The molecule has 5 aromatic rings. The molecule has 0 aliphatic carbocycles. The number of nitrogens with one attached hydrogen (secondary N) is 2. The first kappa shape index (κ1) is 23.5. The van der Waals surface area contributed by atoms with Gasteiger partial charge in [-0.25, -0.2) is 9.97 Å². The van der Waals surface area contributed by atoms with E-state index >= 15 is 0 Å². The van der Waals surface area contributed by atoms with E-state index in [4.69, 9.17) is 5.73 Å². The molecular weight excluding hydrogens is 424 g/mol. The third-order valence-electron chi connectivity index (χ3n) is 5.65. The Hall–Kier alpha value is -3.68. The Morgan fingerprint density at radius 2 is 1.71 bits per heavy atom. The van der Waals surface area contributed by atoms with Gasteiger partial charge in [-0.15, -0.1) is 0 Å². The fourth-order valence-electron chi connectivity index (χ4n) is 4.12. The summed E-state index contributed by atoms with van der Waals surface area (Å²) in [5.41, 5.74) is 13.3. The highest BCUT2D eigenvalue weighted by Gasteiger charge is 2.13. The summed E-state index contributed by atoms with van der Waals surface area (Å²) < 4.78 is 4.25. The smallest absolute Gasteiger partial charge is 0.180 e. The van der Waals surface area contributed by atoms with Gasteiger partial charge < -0.3 is 25.3 Å². The van der Waals surface area contributed by atoms with Crippen molar-refractivity contribution in [3.8, 4) is 11.3 Å². The average molecular weight is 457 g/mol. The standard InChI is InChI=1S/C25H26N6.C2H6O/c1-16-27-24-20(14-23(26)30-25(24)28-16)22-13-19-12-18(8-9-21(19)29-22)15-31(2)11-10-17-6-4-3-5-7-17;1-3-2/h3-9,12-14,29H,10-11,15H2,1-2H3,(H3,26,27,28,30);1-2H3. The van der Waals surface area contributed by atoms with Crippen LogP contribution in [0.25, 0.3) is 33.3 Å². The molecule has 176 valence electrons. The van der Waals surface area contributed by atoms with Gasteiger partial charge in [-0.3, -0.25) is 0 Å². The van der Waals surface area contributed by atoms with Crippen LogP contribution in [0.5, 0.6) is 0 Å². The van der Waals surface area contributed by atoms with Crippen molar-refractivity contribution in [2.45, 2.75) is 19.9 Å². The Morgan fingerprint density at radius 3 is 2.47 bits per heavy atom. The lowest BCUT2D eigenvalue weighted by atomic mass is 10.1. The number of nitrogens with zero attached hydrogens (tertiary/aromatic N) is 3. The van der Waals surface area contributed by atoms with Gasteiger partial charge >= 0.3 is 0 Å². The largest absolute Gasteiger partial charge is 0.388 e. The van der Waals surface area contributed by atoms with Crippen molar-refractivity contribution in [2.75, 3.05) is 33.5 Å². The lowest BCUT2D eigenvalue weighted by Gasteiger charge is -2.16. The summed E-state index contributed by atoms with van der Waals surface area (Å²) in [6.45, 7) is 3.86. The van der Waals surface area contributed by atoms with Gasteiger partial charge in [0.05, 0.1) is 5.52 Å². The van der Waals surface area contributed by atoms with Gasteiger partial charge in [-0.2, -0.15) is 0 Å². The van der Waals surface area contributed by atoms with Crippen molar-refractivity contribution in [2.24, 2.45) is 0 Å². The van der Waals surface area contributed by atoms with E-state index in [0.717, 1.165) is 47.6 Å². The lowest BCUT2D eigenvalue weighted by molar-refractivity contribution is 0.277. The minimum Gasteiger partial charge on any atom is -0.388 e. The second-order valence-electron chi connectivity index (χ2n) is 8.60. The highest BCUT2D eigenvalue weighted by atomic mass is 16.4. The van der Waals surface area contributed by atoms with E-state index in [9.17, 15) is 0 Å². The number of H-pyrrole nitrogens is 2. The Labute approximate surface area is 200 Å². The summed E-state index contributed by atoms with van der Waals surface area (Å²) >= 11 is 0. The Balaban J connectivity index is 0.000000868. The third kappa shape index (κ3) is 5.44. The van der Waals surface area contributed by atoms with E-state index < -0.39 is 0 Å². The zero-order valence-electron chi connectivity index (χ0n) is 20.2. The molecule has 0 saturated heterocycles. The summed E-state index contributed by atoms with van der Waals surface area (Å²) in [7, 11) is 5.42. The maximum atomic E-state index is 6.03. The molecule has 0 saturated carbocycles. The molecule has 0 atom stereocenters. The predicted molar refractivity (Wildman–Crippen MR) is 140 cm³/mol. The second-order valence-corrected chi connectivity index (χ2v) is 8.60. The van der Waals surface area contributed by atoms with E-state index in [-0.39, 0.29) is 0 Å². The van der Waals surface area contributed by atoms with Crippen molar-refractivity contribution in [3.63, 3.8) is 0 Å². The minimum absolute atomic E-state index is 0.466. The number of aromatic amines is 2. The van der Waals surface area contributed by atoms with Crippen LogP contribution < -0.4 is 5.73 Å². The van der Waals surface area contributed by atoms with Crippen molar-refractivity contribution < 1.29 is 4.74 Å². The summed E-state index contributed by atoms with van der Waals surface area (Å²) in [5.74, 6) is 1.29. The van der Waals surface area contributed by atoms with Gasteiger partial charge in [-0.1, -0.05) is 36.4 Å². The molecule has 0 aliphatic heterocycles. The Kier molecular flexibility index (Phi) is 7.25. The van der Waals surface area contributed by atoms with Gasteiger partial charge in [0.15, 0.2) is 5.65 Å². The SMILES string of the molecule is COC.Cc1nc2nc(N)cc(-c3cc4cc(CN(C)CCc5ccccc5)ccc4[nH]3)c2[nH]1. The number of aromatic nitrogens is 4. The number of methoxy groups -OCH3 is 1. The van der Waals surface area contributed by atoms with Crippen LogP contribution in [0, 0.1) is 6.92 Å². The fourth-order valence-corrected chi connectivity index (χ4v) is 4.12. The molecule has 0 aliphatic rings.